The van der Waals surface area contributed by atoms with Crippen molar-refractivity contribution >= 4 is 15.5 Å². The van der Waals surface area contributed by atoms with E-state index >= 15 is 0 Å². The Balaban J connectivity index is 2.17. The summed E-state index contributed by atoms with van der Waals surface area (Å²) in [6.45, 7) is 2.31. The molecular formula is C14H21NO3S. The maximum atomic E-state index is 12.0. The second kappa shape index (κ2) is 5.51. The normalized spacial score (nSPS) is 17.8. The smallest absolute Gasteiger partial charge is 0.180 e. The molecule has 1 aromatic carbocycles. The van der Waals surface area contributed by atoms with Gasteiger partial charge < -0.3 is 10.1 Å². The number of anilines is 1. The molecule has 4 nitrogen and oxygen atoms in total. The second-order valence-electron chi connectivity index (χ2n) is 4.99. The van der Waals surface area contributed by atoms with Crippen LogP contribution in [0.5, 0.6) is 0 Å². The average Bonchev–Trinajstić information content (AvgIpc) is 2.38. The van der Waals surface area contributed by atoms with E-state index in [1.165, 1.54) is 6.42 Å². The predicted molar refractivity (Wildman–Crippen MR) is 76.2 cm³/mol. The molecular weight excluding hydrogens is 262 g/mol. The molecule has 0 aliphatic heterocycles. The molecule has 0 unspecified atom stereocenters. The molecule has 1 N–H and O–H groups in total. The molecule has 0 heterocycles. The third-order valence-electron chi connectivity index (χ3n) is 3.90. The van der Waals surface area contributed by atoms with Crippen LogP contribution in [0.1, 0.15) is 26.2 Å². The quantitative estimate of drug-likeness (QED) is 0.871. The molecule has 1 saturated carbocycles. The fourth-order valence-electron chi connectivity index (χ4n) is 2.32. The summed E-state index contributed by atoms with van der Waals surface area (Å²) in [6.07, 6.45) is 3.23. The van der Waals surface area contributed by atoms with E-state index in [1.54, 1.807) is 26.2 Å². The first-order chi connectivity index (χ1) is 9.03. The molecule has 0 amide bonds. The lowest BCUT2D eigenvalue weighted by molar-refractivity contribution is -0.0601. The molecule has 1 fully saturated rings. The van der Waals surface area contributed by atoms with Crippen LogP contribution in [0, 0.1) is 0 Å². The van der Waals surface area contributed by atoms with Crippen LogP contribution in [-0.2, 0) is 14.6 Å². The van der Waals surface area contributed by atoms with Gasteiger partial charge >= 0.3 is 0 Å². The predicted octanol–water partition coefficient (Wildman–Crippen LogP) is 2.46. The van der Waals surface area contributed by atoms with Crippen LogP contribution in [0.2, 0.25) is 0 Å². The van der Waals surface area contributed by atoms with Gasteiger partial charge in [-0.25, -0.2) is 8.42 Å². The third-order valence-corrected chi connectivity index (χ3v) is 5.69. The Kier molecular flexibility index (Phi) is 4.16. The summed E-state index contributed by atoms with van der Waals surface area (Å²) in [5.41, 5.74) is 0.552. The number of benzene rings is 1. The number of rotatable bonds is 6. The first-order valence-corrected chi connectivity index (χ1v) is 8.29. The Morgan fingerprint density at radius 1 is 1.32 bits per heavy atom. The molecule has 0 aromatic heterocycles. The lowest BCUT2D eigenvalue weighted by Crippen LogP contribution is -2.45. The molecule has 5 heteroatoms. The van der Waals surface area contributed by atoms with Gasteiger partial charge in [0.25, 0.3) is 0 Å². The Hall–Kier alpha value is -1.07. The van der Waals surface area contributed by atoms with Gasteiger partial charge in [-0.3, -0.25) is 0 Å². The molecule has 106 valence electrons. The summed E-state index contributed by atoms with van der Waals surface area (Å²) in [6, 6.07) is 7.06. The van der Waals surface area contributed by atoms with Crippen molar-refractivity contribution in [2.75, 3.05) is 24.7 Å². The van der Waals surface area contributed by atoms with E-state index in [2.05, 4.69) is 5.32 Å². The van der Waals surface area contributed by atoms with Crippen molar-refractivity contribution in [3.8, 4) is 0 Å². The van der Waals surface area contributed by atoms with Crippen molar-refractivity contribution in [1.29, 1.82) is 0 Å². The summed E-state index contributed by atoms with van der Waals surface area (Å²) in [5, 5.41) is 3.24. The zero-order valence-electron chi connectivity index (χ0n) is 11.5. The number of ether oxygens (including phenoxy) is 1. The summed E-state index contributed by atoms with van der Waals surface area (Å²) < 4.78 is 29.6. The molecule has 2 rings (SSSR count). The number of methoxy groups -OCH3 is 1. The minimum absolute atomic E-state index is 0.112. The number of sulfone groups is 1. The maximum absolute atomic E-state index is 12.0. The van der Waals surface area contributed by atoms with Crippen LogP contribution >= 0.6 is 0 Å². The van der Waals surface area contributed by atoms with E-state index in [4.69, 9.17) is 4.74 Å². The number of nitrogens with one attached hydrogen (secondary N) is 1. The van der Waals surface area contributed by atoms with Crippen LogP contribution in [0.25, 0.3) is 0 Å². The van der Waals surface area contributed by atoms with Crippen LogP contribution in [0.3, 0.4) is 0 Å². The minimum atomic E-state index is -3.20. The van der Waals surface area contributed by atoms with Gasteiger partial charge in [0.2, 0.25) is 0 Å². The lowest BCUT2D eigenvalue weighted by Gasteiger charge is -2.40. The van der Waals surface area contributed by atoms with E-state index in [-0.39, 0.29) is 11.4 Å². The highest BCUT2D eigenvalue weighted by Crippen LogP contribution is 2.35. The summed E-state index contributed by atoms with van der Waals surface area (Å²) in [5.74, 6) is 0.112. The van der Waals surface area contributed by atoms with Crippen molar-refractivity contribution < 1.29 is 13.2 Å². The minimum Gasteiger partial charge on any atom is -0.381 e. The standard InChI is InChI=1S/C14H21NO3S/c1-3-19(16,17)13-8-5-4-7-12(13)15-11-14(18-2)9-6-10-14/h4-5,7-8,15H,3,6,9-11H2,1-2H3. The van der Waals surface area contributed by atoms with Crippen LogP contribution in [-0.4, -0.2) is 33.4 Å². The van der Waals surface area contributed by atoms with E-state index in [0.717, 1.165) is 12.8 Å². The molecule has 0 atom stereocenters. The third kappa shape index (κ3) is 2.92. The number of hydrogen-bond donors (Lipinski definition) is 1. The summed E-state index contributed by atoms with van der Waals surface area (Å²) in [4.78, 5) is 0.378. The molecule has 0 bridgehead atoms. The van der Waals surface area contributed by atoms with E-state index in [1.807, 2.05) is 12.1 Å². The van der Waals surface area contributed by atoms with Crippen molar-refractivity contribution in [1.82, 2.24) is 0 Å². The Morgan fingerprint density at radius 3 is 2.53 bits per heavy atom. The highest BCUT2D eigenvalue weighted by atomic mass is 32.2. The maximum Gasteiger partial charge on any atom is 0.180 e. The van der Waals surface area contributed by atoms with Crippen molar-refractivity contribution in [3.05, 3.63) is 24.3 Å². The molecule has 0 saturated heterocycles. The van der Waals surface area contributed by atoms with Gasteiger partial charge in [-0.1, -0.05) is 19.1 Å². The van der Waals surface area contributed by atoms with Gasteiger partial charge in [0.1, 0.15) is 0 Å². The lowest BCUT2D eigenvalue weighted by atomic mass is 9.80. The van der Waals surface area contributed by atoms with Gasteiger partial charge in [0.05, 0.1) is 21.9 Å². The summed E-state index contributed by atoms with van der Waals surface area (Å²) >= 11 is 0. The summed E-state index contributed by atoms with van der Waals surface area (Å²) in [7, 11) is -1.48. The van der Waals surface area contributed by atoms with Crippen LogP contribution in [0.4, 0.5) is 5.69 Å². The fourth-order valence-corrected chi connectivity index (χ4v) is 3.39. The van der Waals surface area contributed by atoms with E-state index < -0.39 is 9.84 Å². The monoisotopic (exact) mass is 283 g/mol. The SMILES string of the molecule is CCS(=O)(=O)c1ccccc1NCC1(OC)CCC1. The molecule has 19 heavy (non-hydrogen) atoms. The van der Waals surface area contributed by atoms with Gasteiger partial charge in [-0.2, -0.15) is 0 Å². The number of hydrogen-bond acceptors (Lipinski definition) is 4. The van der Waals surface area contributed by atoms with E-state index in [9.17, 15) is 8.42 Å². The Bertz CT molecular complexity index is 530. The Labute approximate surface area is 115 Å². The fraction of sp³-hybridized carbons (Fsp3) is 0.571. The number of para-hydroxylation sites is 1. The molecule has 1 aromatic rings. The van der Waals surface area contributed by atoms with Gasteiger partial charge in [0.15, 0.2) is 9.84 Å². The first kappa shape index (κ1) is 14.3. The highest BCUT2D eigenvalue weighted by Gasteiger charge is 2.36. The molecule has 0 radical (unpaired) electrons. The van der Waals surface area contributed by atoms with Crippen molar-refractivity contribution in [3.63, 3.8) is 0 Å². The van der Waals surface area contributed by atoms with E-state index in [0.29, 0.717) is 17.1 Å². The van der Waals surface area contributed by atoms with Crippen molar-refractivity contribution in [2.45, 2.75) is 36.7 Å². The van der Waals surface area contributed by atoms with Crippen molar-refractivity contribution in [2.24, 2.45) is 0 Å². The zero-order chi connectivity index (χ0) is 13.9. The van der Waals surface area contributed by atoms with Crippen LogP contribution < -0.4 is 5.32 Å². The average molecular weight is 283 g/mol. The first-order valence-electron chi connectivity index (χ1n) is 6.64. The molecule has 1 aliphatic carbocycles. The largest absolute Gasteiger partial charge is 0.381 e. The van der Waals surface area contributed by atoms with Gasteiger partial charge in [-0.05, 0) is 31.4 Å². The second-order valence-corrected chi connectivity index (χ2v) is 7.24. The topological polar surface area (TPSA) is 55.4 Å². The Morgan fingerprint density at radius 2 is 2.00 bits per heavy atom. The zero-order valence-corrected chi connectivity index (χ0v) is 12.3. The van der Waals surface area contributed by atoms with Gasteiger partial charge in [-0.15, -0.1) is 0 Å². The highest BCUT2D eigenvalue weighted by molar-refractivity contribution is 7.91. The molecule has 1 aliphatic rings. The van der Waals surface area contributed by atoms with Gasteiger partial charge in [0, 0.05) is 13.7 Å². The molecule has 0 spiro atoms. The van der Waals surface area contributed by atoms with Crippen LogP contribution in [0.15, 0.2) is 29.2 Å².